The average molecular weight is 287 g/mol. The summed E-state index contributed by atoms with van der Waals surface area (Å²) in [6.07, 6.45) is 1.53. The summed E-state index contributed by atoms with van der Waals surface area (Å²) in [5, 5.41) is 0. The van der Waals surface area contributed by atoms with Crippen molar-refractivity contribution < 1.29 is 13.9 Å². The minimum atomic E-state index is -0.236. The first-order valence-electron chi connectivity index (χ1n) is 6.95. The summed E-state index contributed by atoms with van der Waals surface area (Å²) in [5.41, 5.74) is 9.41. The van der Waals surface area contributed by atoms with Crippen molar-refractivity contribution in [3.05, 3.63) is 47.3 Å². The fourth-order valence-electron chi connectivity index (χ4n) is 3.10. The summed E-state index contributed by atoms with van der Waals surface area (Å²) in [7, 11) is 3.24. The van der Waals surface area contributed by atoms with Gasteiger partial charge in [-0.25, -0.2) is 4.39 Å². The van der Waals surface area contributed by atoms with Crippen molar-refractivity contribution in [3.8, 4) is 22.6 Å². The number of halogens is 1. The second kappa shape index (κ2) is 5.37. The van der Waals surface area contributed by atoms with E-state index >= 15 is 0 Å². The van der Waals surface area contributed by atoms with Gasteiger partial charge >= 0.3 is 0 Å². The third-order valence-corrected chi connectivity index (χ3v) is 4.08. The molecule has 0 bridgehead atoms. The average Bonchev–Trinajstić information content (AvgIpc) is 2.90. The molecule has 0 spiro atoms. The molecule has 3 nitrogen and oxygen atoms in total. The number of nitrogens with two attached hydrogens (primary N) is 1. The SMILES string of the molecule is COc1cccc(OC)c1-c1ccc(F)c2c1CC[C@H]2N. The molecule has 110 valence electrons. The number of rotatable bonds is 3. The molecular weight excluding hydrogens is 269 g/mol. The molecule has 4 heteroatoms. The highest BCUT2D eigenvalue weighted by Gasteiger charge is 2.27. The third kappa shape index (κ3) is 2.16. The Labute approximate surface area is 123 Å². The minimum Gasteiger partial charge on any atom is -0.496 e. The van der Waals surface area contributed by atoms with Gasteiger partial charge in [-0.3, -0.25) is 0 Å². The van der Waals surface area contributed by atoms with Gasteiger partial charge in [-0.1, -0.05) is 12.1 Å². The normalized spacial score (nSPS) is 16.7. The van der Waals surface area contributed by atoms with Crippen LogP contribution in [0.25, 0.3) is 11.1 Å². The lowest BCUT2D eigenvalue weighted by molar-refractivity contribution is 0.397. The maximum absolute atomic E-state index is 14.1. The van der Waals surface area contributed by atoms with Crippen LogP contribution in [-0.4, -0.2) is 14.2 Å². The maximum Gasteiger partial charge on any atom is 0.130 e. The molecule has 21 heavy (non-hydrogen) atoms. The number of fused-ring (bicyclic) bond motifs is 1. The van der Waals surface area contributed by atoms with Crippen LogP contribution in [0.2, 0.25) is 0 Å². The molecule has 3 rings (SSSR count). The van der Waals surface area contributed by atoms with Crippen molar-refractivity contribution in [1.82, 2.24) is 0 Å². The monoisotopic (exact) mass is 287 g/mol. The van der Waals surface area contributed by atoms with Crippen LogP contribution in [0.5, 0.6) is 11.5 Å². The van der Waals surface area contributed by atoms with Crippen LogP contribution in [0, 0.1) is 5.82 Å². The van der Waals surface area contributed by atoms with Crippen molar-refractivity contribution in [2.45, 2.75) is 18.9 Å². The summed E-state index contributed by atoms with van der Waals surface area (Å²) in [5.74, 6) is 1.19. The van der Waals surface area contributed by atoms with E-state index in [-0.39, 0.29) is 11.9 Å². The van der Waals surface area contributed by atoms with Crippen LogP contribution in [-0.2, 0) is 6.42 Å². The fraction of sp³-hybridized carbons (Fsp3) is 0.294. The van der Waals surface area contributed by atoms with E-state index in [1.54, 1.807) is 20.3 Å². The van der Waals surface area contributed by atoms with Gasteiger partial charge in [0.05, 0.1) is 19.8 Å². The molecule has 0 radical (unpaired) electrons. The molecule has 2 aromatic carbocycles. The summed E-state index contributed by atoms with van der Waals surface area (Å²) in [4.78, 5) is 0. The first kappa shape index (κ1) is 13.9. The lowest BCUT2D eigenvalue weighted by Gasteiger charge is -2.17. The minimum absolute atomic E-state index is 0.229. The molecule has 0 fully saturated rings. The van der Waals surface area contributed by atoms with Gasteiger partial charge in [-0.2, -0.15) is 0 Å². The van der Waals surface area contributed by atoms with Crippen LogP contribution in [0.4, 0.5) is 4.39 Å². The standard InChI is InChI=1S/C17H18FNO2/c1-20-14-4-3-5-15(21-2)17(14)11-6-8-12(18)16-10(11)7-9-13(16)19/h3-6,8,13H,7,9,19H2,1-2H3/t13-/m1/s1. The van der Waals surface area contributed by atoms with E-state index in [0.29, 0.717) is 17.1 Å². The highest BCUT2D eigenvalue weighted by Crippen LogP contribution is 2.44. The predicted octanol–water partition coefficient (Wildman–Crippen LogP) is 3.46. The van der Waals surface area contributed by atoms with Gasteiger partial charge in [-0.05, 0) is 42.2 Å². The topological polar surface area (TPSA) is 44.5 Å². The number of benzene rings is 2. The number of hydrogen-bond acceptors (Lipinski definition) is 3. The second-order valence-corrected chi connectivity index (χ2v) is 5.17. The number of methoxy groups -OCH3 is 2. The Morgan fingerprint density at radius 2 is 1.76 bits per heavy atom. The molecule has 2 aromatic rings. The van der Waals surface area contributed by atoms with E-state index in [1.165, 1.54) is 6.07 Å². The van der Waals surface area contributed by atoms with Gasteiger partial charge in [0.25, 0.3) is 0 Å². The van der Waals surface area contributed by atoms with Crippen LogP contribution in [0.3, 0.4) is 0 Å². The zero-order chi connectivity index (χ0) is 15.0. The maximum atomic E-state index is 14.1. The third-order valence-electron chi connectivity index (χ3n) is 4.08. The molecule has 0 aliphatic heterocycles. The van der Waals surface area contributed by atoms with Crippen molar-refractivity contribution in [1.29, 1.82) is 0 Å². The Morgan fingerprint density at radius 3 is 2.38 bits per heavy atom. The van der Waals surface area contributed by atoms with Gasteiger partial charge in [0, 0.05) is 11.6 Å². The molecule has 0 heterocycles. The van der Waals surface area contributed by atoms with Gasteiger partial charge in [-0.15, -0.1) is 0 Å². The van der Waals surface area contributed by atoms with Gasteiger partial charge in [0.2, 0.25) is 0 Å². The number of ether oxygens (including phenoxy) is 2. The van der Waals surface area contributed by atoms with E-state index in [9.17, 15) is 4.39 Å². The quantitative estimate of drug-likeness (QED) is 0.940. The van der Waals surface area contributed by atoms with Crippen molar-refractivity contribution in [3.63, 3.8) is 0 Å². The van der Waals surface area contributed by atoms with E-state index in [4.69, 9.17) is 15.2 Å². The molecule has 1 atom stereocenters. The van der Waals surface area contributed by atoms with E-state index in [2.05, 4.69) is 0 Å². The van der Waals surface area contributed by atoms with Gasteiger partial charge in [0.15, 0.2) is 0 Å². The zero-order valence-corrected chi connectivity index (χ0v) is 12.2. The van der Waals surface area contributed by atoms with Crippen LogP contribution >= 0.6 is 0 Å². The summed E-state index contributed by atoms with van der Waals surface area (Å²) in [6, 6.07) is 8.65. The van der Waals surface area contributed by atoms with Crippen molar-refractivity contribution in [2.75, 3.05) is 14.2 Å². The summed E-state index contributed by atoms with van der Waals surface area (Å²) >= 11 is 0. The molecular formula is C17H18FNO2. The fourth-order valence-corrected chi connectivity index (χ4v) is 3.10. The Kier molecular flexibility index (Phi) is 3.55. The highest BCUT2D eigenvalue weighted by atomic mass is 19.1. The van der Waals surface area contributed by atoms with Crippen LogP contribution in [0.1, 0.15) is 23.6 Å². The smallest absolute Gasteiger partial charge is 0.130 e. The van der Waals surface area contributed by atoms with Gasteiger partial charge in [0.1, 0.15) is 17.3 Å². The Hall–Kier alpha value is -2.07. The van der Waals surface area contributed by atoms with Gasteiger partial charge < -0.3 is 15.2 Å². The van der Waals surface area contributed by atoms with E-state index < -0.39 is 0 Å². The highest BCUT2D eigenvalue weighted by molar-refractivity contribution is 5.80. The molecule has 1 aliphatic rings. The Morgan fingerprint density at radius 1 is 1.10 bits per heavy atom. The van der Waals surface area contributed by atoms with E-state index in [0.717, 1.165) is 29.5 Å². The van der Waals surface area contributed by atoms with Crippen LogP contribution in [0.15, 0.2) is 30.3 Å². The zero-order valence-electron chi connectivity index (χ0n) is 12.2. The Balaban J connectivity index is 2.28. The molecule has 1 aliphatic carbocycles. The first-order valence-corrected chi connectivity index (χ1v) is 6.95. The molecule has 0 unspecified atom stereocenters. The molecule has 0 amide bonds. The van der Waals surface area contributed by atoms with Crippen molar-refractivity contribution in [2.24, 2.45) is 5.73 Å². The molecule has 0 saturated carbocycles. The van der Waals surface area contributed by atoms with Crippen molar-refractivity contribution >= 4 is 0 Å². The predicted molar refractivity (Wildman–Crippen MR) is 80.2 cm³/mol. The Bertz CT molecular complexity index is 662. The van der Waals surface area contributed by atoms with E-state index in [1.807, 2.05) is 18.2 Å². The largest absolute Gasteiger partial charge is 0.496 e. The second-order valence-electron chi connectivity index (χ2n) is 5.17. The summed E-state index contributed by atoms with van der Waals surface area (Å²) in [6.45, 7) is 0. The molecule has 0 saturated heterocycles. The summed E-state index contributed by atoms with van der Waals surface area (Å²) < 4.78 is 25.0. The molecule has 2 N–H and O–H groups in total. The van der Waals surface area contributed by atoms with Crippen LogP contribution < -0.4 is 15.2 Å². The number of hydrogen-bond donors (Lipinski definition) is 1. The lowest BCUT2D eigenvalue weighted by atomic mass is 9.94. The first-order chi connectivity index (χ1) is 10.2. The molecule has 0 aromatic heterocycles. The lowest BCUT2D eigenvalue weighted by Crippen LogP contribution is -2.07.